The van der Waals surface area contributed by atoms with Crippen LogP contribution in [0.4, 0.5) is 0 Å². The third kappa shape index (κ3) is 4.12. The predicted molar refractivity (Wildman–Crippen MR) is 86.7 cm³/mol. The van der Waals surface area contributed by atoms with Gasteiger partial charge in [-0.05, 0) is 24.8 Å². The Morgan fingerprint density at radius 3 is 2.45 bits per heavy atom. The minimum Gasteiger partial charge on any atom is -0.330 e. The molecule has 2 rings (SSSR count). The number of sulfone groups is 1. The second-order valence-electron chi connectivity index (χ2n) is 6.45. The van der Waals surface area contributed by atoms with Gasteiger partial charge < -0.3 is 5.73 Å². The van der Waals surface area contributed by atoms with Gasteiger partial charge in [-0.2, -0.15) is 11.8 Å². The minimum absolute atomic E-state index is 0.140. The molecule has 1 aliphatic heterocycles. The van der Waals surface area contributed by atoms with Crippen LogP contribution in [-0.4, -0.2) is 56.1 Å². The standard InChI is InChI=1S/C14H28N2O2S2/c1-20(17,18)13-10-19-9-8-16(13)12-14(11-15)6-4-2-3-5-7-14/h13H,2-12,15H2,1H3. The Kier molecular flexibility index (Phi) is 5.79. The maximum absolute atomic E-state index is 12.0. The summed E-state index contributed by atoms with van der Waals surface area (Å²) in [5, 5.41) is -0.312. The number of hydrogen-bond acceptors (Lipinski definition) is 5. The summed E-state index contributed by atoms with van der Waals surface area (Å²) in [6.45, 7) is 2.43. The average Bonchev–Trinajstić information content (AvgIpc) is 2.64. The molecular weight excluding hydrogens is 292 g/mol. The lowest BCUT2D eigenvalue weighted by molar-refractivity contribution is 0.133. The predicted octanol–water partition coefficient (Wildman–Crippen LogP) is 1.71. The Hall–Kier alpha value is 0.220. The molecule has 20 heavy (non-hydrogen) atoms. The third-order valence-electron chi connectivity index (χ3n) is 4.82. The van der Waals surface area contributed by atoms with Gasteiger partial charge in [0.15, 0.2) is 9.84 Å². The van der Waals surface area contributed by atoms with Gasteiger partial charge in [0, 0.05) is 30.9 Å². The molecule has 6 heteroatoms. The molecule has 4 nitrogen and oxygen atoms in total. The van der Waals surface area contributed by atoms with Crippen molar-refractivity contribution in [2.45, 2.75) is 43.9 Å². The minimum atomic E-state index is -3.01. The molecule has 2 N–H and O–H groups in total. The van der Waals surface area contributed by atoms with Crippen molar-refractivity contribution in [1.82, 2.24) is 4.90 Å². The summed E-state index contributed by atoms with van der Waals surface area (Å²) >= 11 is 1.75. The van der Waals surface area contributed by atoms with Gasteiger partial charge in [-0.25, -0.2) is 8.42 Å². The summed E-state index contributed by atoms with van der Waals surface area (Å²) in [5.74, 6) is 1.74. The van der Waals surface area contributed by atoms with Crippen LogP contribution in [0.1, 0.15) is 38.5 Å². The number of rotatable bonds is 4. The maximum atomic E-state index is 12.0. The third-order valence-corrected chi connectivity index (χ3v) is 7.51. The smallest absolute Gasteiger partial charge is 0.164 e. The van der Waals surface area contributed by atoms with E-state index in [2.05, 4.69) is 4.90 Å². The van der Waals surface area contributed by atoms with Crippen molar-refractivity contribution in [3.63, 3.8) is 0 Å². The number of hydrogen-bond donors (Lipinski definition) is 1. The average molecular weight is 321 g/mol. The molecule has 0 aromatic carbocycles. The summed E-state index contributed by atoms with van der Waals surface area (Å²) < 4.78 is 24.0. The van der Waals surface area contributed by atoms with Gasteiger partial charge in [0.1, 0.15) is 5.37 Å². The first-order valence-corrected chi connectivity index (χ1v) is 10.8. The Labute approximate surface area is 127 Å². The second kappa shape index (κ2) is 6.99. The molecule has 0 radical (unpaired) electrons. The highest BCUT2D eigenvalue weighted by atomic mass is 32.2. The highest BCUT2D eigenvalue weighted by molar-refractivity contribution is 8.00. The lowest BCUT2D eigenvalue weighted by atomic mass is 9.80. The van der Waals surface area contributed by atoms with Crippen LogP contribution in [0, 0.1) is 5.41 Å². The van der Waals surface area contributed by atoms with Crippen LogP contribution in [-0.2, 0) is 9.84 Å². The zero-order valence-corrected chi connectivity index (χ0v) is 14.1. The first kappa shape index (κ1) is 16.6. The van der Waals surface area contributed by atoms with Crippen molar-refractivity contribution in [3.05, 3.63) is 0 Å². The van der Waals surface area contributed by atoms with E-state index in [1.165, 1.54) is 31.9 Å². The normalized spacial score (nSPS) is 29.0. The zero-order valence-electron chi connectivity index (χ0n) is 12.5. The molecule has 0 aromatic heterocycles. The topological polar surface area (TPSA) is 63.4 Å². The van der Waals surface area contributed by atoms with Crippen LogP contribution in [0.15, 0.2) is 0 Å². The van der Waals surface area contributed by atoms with E-state index < -0.39 is 9.84 Å². The summed E-state index contributed by atoms with van der Waals surface area (Å²) in [6.07, 6.45) is 8.76. The van der Waals surface area contributed by atoms with Gasteiger partial charge in [0.25, 0.3) is 0 Å². The Bertz CT molecular complexity index is 403. The van der Waals surface area contributed by atoms with E-state index in [0.717, 1.165) is 31.7 Å². The van der Waals surface area contributed by atoms with Gasteiger partial charge in [-0.15, -0.1) is 0 Å². The van der Waals surface area contributed by atoms with Crippen LogP contribution in [0.2, 0.25) is 0 Å². The fourth-order valence-corrected chi connectivity index (χ4v) is 6.47. The van der Waals surface area contributed by atoms with Crippen LogP contribution < -0.4 is 5.73 Å². The van der Waals surface area contributed by atoms with Crippen molar-refractivity contribution in [3.8, 4) is 0 Å². The largest absolute Gasteiger partial charge is 0.330 e. The van der Waals surface area contributed by atoms with Crippen molar-refractivity contribution in [2.24, 2.45) is 11.1 Å². The molecule has 1 heterocycles. The molecular formula is C14H28N2O2S2. The molecule has 0 amide bonds. The molecule has 1 unspecified atom stereocenters. The van der Waals surface area contributed by atoms with Crippen molar-refractivity contribution >= 4 is 21.6 Å². The first-order valence-electron chi connectivity index (χ1n) is 7.68. The maximum Gasteiger partial charge on any atom is 0.164 e. The molecule has 118 valence electrons. The first-order chi connectivity index (χ1) is 9.47. The highest BCUT2D eigenvalue weighted by Gasteiger charge is 2.38. The second-order valence-corrected chi connectivity index (χ2v) is 9.80. The quantitative estimate of drug-likeness (QED) is 0.799. The van der Waals surface area contributed by atoms with Crippen LogP contribution >= 0.6 is 11.8 Å². The lowest BCUT2D eigenvalue weighted by Crippen LogP contribution is -2.52. The zero-order chi connectivity index (χ0) is 14.6. The van der Waals surface area contributed by atoms with E-state index in [1.54, 1.807) is 11.8 Å². The van der Waals surface area contributed by atoms with Gasteiger partial charge in [0.2, 0.25) is 0 Å². The van der Waals surface area contributed by atoms with E-state index in [0.29, 0.717) is 12.3 Å². The van der Waals surface area contributed by atoms with Gasteiger partial charge in [0.05, 0.1) is 0 Å². The van der Waals surface area contributed by atoms with Crippen molar-refractivity contribution in [2.75, 3.05) is 37.4 Å². The fourth-order valence-electron chi connectivity index (χ4n) is 3.53. The van der Waals surface area contributed by atoms with Crippen LogP contribution in [0.25, 0.3) is 0 Å². The Balaban J connectivity index is 2.11. The summed E-state index contributed by atoms with van der Waals surface area (Å²) in [6, 6.07) is 0. The summed E-state index contributed by atoms with van der Waals surface area (Å²) in [4.78, 5) is 2.20. The van der Waals surface area contributed by atoms with E-state index >= 15 is 0 Å². The molecule has 0 spiro atoms. The molecule has 0 aromatic rings. The number of thioether (sulfide) groups is 1. The number of nitrogens with two attached hydrogens (primary N) is 1. The van der Waals surface area contributed by atoms with E-state index in [9.17, 15) is 8.42 Å². The van der Waals surface area contributed by atoms with Crippen molar-refractivity contribution in [1.29, 1.82) is 0 Å². The summed E-state index contributed by atoms with van der Waals surface area (Å²) in [7, 11) is -3.01. The van der Waals surface area contributed by atoms with Crippen molar-refractivity contribution < 1.29 is 8.42 Å². The highest BCUT2D eigenvalue weighted by Crippen LogP contribution is 2.36. The monoisotopic (exact) mass is 320 g/mol. The van der Waals surface area contributed by atoms with Gasteiger partial charge in [-0.1, -0.05) is 25.7 Å². The number of nitrogens with zero attached hydrogens (tertiary/aromatic N) is 1. The van der Waals surface area contributed by atoms with E-state index in [-0.39, 0.29) is 10.8 Å². The molecule has 1 saturated carbocycles. The fraction of sp³-hybridized carbons (Fsp3) is 1.00. The SMILES string of the molecule is CS(=O)(=O)C1CSCCN1CC1(CN)CCCCCC1. The molecule has 1 atom stereocenters. The molecule has 0 bridgehead atoms. The van der Waals surface area contributed by atoms with Gasteiger partial charge >= 0.3 is 0 Å². The van der Waals surface area contributed by atoms with Gasteiger partial charge in [-0.3, -0.25) is 4.90 Å². The Morgan fingerprint density at radius 2 is 1.90 bits per heavy atom. The molecule has 1 aliphatic carbocycles. The van der Waals surface area contributed by atoms with E-state index in [4.69, 9.17) is 5.73 Å². The summed E-state index contributed by atoms with van der Waals surface area (Å²) in [5.41, 5.74) is 6.24. The Morgan fingerprint density at radius 1 is 1.25 bits per heavy atom. The molecule has 2 aliphatic rings. The van der Waals surface area contributed by atoms with Crippen LogP contribution in [0.5, 0.6) is 0 Å². The molecule has 1 saturated heterocycles. The van der Waals surface area contributed by atoms with E-state index in [1.807, 2.05) is 0 Å². The lowest BCUT2D eigenvalue weighted by Gasteiger charge is -2.42. The molecule has 2 fully saturated rings. The van der Waals surface area contributed by atoms with Crippen LogP contribution in [0.3, 0.4) is 0 Å².